The zero-order valence-corrected chi connectivity index (χ0v) is 13.5. The van der Waals surface area contributed by atoms with Crippen LogP contribution in [-0.4, -0.2) is 13.5 Å². The van der Waals surface area contributed by atoms with Gasteiger partial charge < -0.3 is 5.11 Å². The number of hydrogen-bond acceptors (Lipinski definition) is 4. The second kappa shape index (κ2) is 7.17. The van der Waals surface area contributed by atoms with E-state index in [0.29, 0.717) is 17.7 Å². The van der Waals surface area contributed by atoms with Gasteiger partial charge in [-0.3, -0.25) is 0 Å². The molecule has 114 valence electrons. The van der Waals surface area contributed by atoms with Crippen LogP contribution in [0.5, 0.6) is 0 Å². The highest BCUT2D eigenvalue weighted by Gasteiger charge is 2.13. The van der Waals surface area contributed by atoms with E-state index in [1.807, 2.05) is 11.4 Å². The van der Waals surface area contributed by atoms with E-state index in [1.165, 1.54) is 5.56 Å². The van der Waals surface area contributed by atoms with Crippen LogP contribution in [0, 0.1) is 0 Å². The van der Waals surface area contributed by atoms with Gasteiger partial charge in [-0.05, 0) is 34.6 Å². The van der Waals surface area contributed by atoms with Crippen molar-refractivity contribution in [2.45, 2.75) is 32.2 Å². The predicted molar refractivity (Wildman–Crippen MR) is 85.5 cm³/mol. The van der Waals surface area contributed by atoms with Crippen LogP contribution in [0.4, 0.5) is 0 Å². The molecule has 1 aromatic heterocycles. The number of benzene rings is 1. The maximum atomic E-state index is 12.1. The Hall–Kier alpha value is -1.21. The van der Waals surface area contributed by atoms with Gasteiger partial charge in [-0.1, -0.05) is 31.2 Å². The molecule has 0 saturated heterocycles. The Labute approximate surface area is 129 Å². The van der Waals surface area contributed by atoms with E-state index in [9.17, 15) is 8.42 Å². The first-order valence-corrected chi connectivity index (χ1v) is 9.28. The lowest BCUT2D eigenvalue weighted by Gasteiger charge is -2.08. The molecule has 0 amide bonds. The molecule has 0 aliphatic heterocycles. The molecule has 1 heterocycles. The molecule has 1 aromatic carbocycles. The van der Waals surface area contributed by atoms with E-state index in [1.54, 1.807) is 35.6 Å². The van der Waals surface area contributed by atoms with Gasteiger partial charge >= 0.3 is 0 Å². The van der Waals surface area contributed by atoms with Crippen molar-refractivity contribution in [3.63, 3.8) is 0 Å². The minimum absolute atomic E-state index is 0.0757. The van der Waals surface area contributed by atoms with Crippen molar-refractivity contribution in [3.8, 4) is 0 Å². The molecular formula is C15H19NO3S2. The van der Waals surface area contributed by atoms with Crippen LogP contribution in [0.25, 0.3) is 0 Å². The molecule has 2 N–H and O–H groups in total. The van der Waals surface area contributed by atoms with Gasteiger partial charge in [-0.25, -0.2) is 13.1 Å². The highest BCUT2D eigenvalue weighted by Crippen LogP contribution is 2.17. The Kier molecular flexibility index (Phi) is 5.52. The molecule has 6 heteroatoms. The summed E-state index contributed by atoms with van der Waals surface area (Å²) in [6.07, 6.45) is 0.902. The monoisotopic (exact) mass is 325 g/mol. The first-order valence-electron chi connectivity index (χ1n) is 6.75. The molecule has 4 nitrogen and oxygen atoms in total. The molecular weight excluding hydrogens is 306 g/mol. The summed E-state index contributed by atoms with van der Waals surface area (Å²) in [7, 11) is -3.39. The standard InChI is InChI=1S/C15H19NO3S2/c1-2-14-6-7-20-15(14)9-16-21(18,19)11-13-5-3-4-12(8-13)10-17/h3-8,16-17H,2,9-11H2,1H3. The Morgan fingerprint density at radius 1 is 1.24 bits per heavy atom. The third-order valence-electron chi connectivity index (χ3n) is 3.20. The highest BCUT2D eigenvalue weighted by atomic mass is 32.2. The van der Waals surface area contributed by atoms with E-state index in [4.69, 9.17) is 5.11 Å². The first kappa shape index (κ1) is 16.2. The second-order valence-corrected chi connectivity index (χ2v) is 7.59. The van der Waals surface area contributed by atoms with Crippen molar-refractivity contribution >= 4 is 21.4 Å². The Morgan fingerprint density at radius 3 is 2.71 bits per heavy atom. The van der Waals surface area contributed by atoms with Crippen LogP contribution in [-0.2, 0) is 35.3 Å². The number of aliphatic hydroxyl groups is 1. The molecule has 0 spiro atoms. The summed E-state index contributed by atoms with van der Waals surface area (Å²) in [5, 5.41) is 11.1. The third-order valence-corrected chi connectivity index (χ3v) is 5.46. The quantitative estimate of drug-likeness (QED) is 0.821. The van der Waals surface area contributed by atoms with Crippen LogP contribution < -0.4 is 4.72 Å². The van der Waals surface area contributed by atoms with Crippen LogP contribution in [0.15, 0.2) is 35.7 Å². The van der Waals surface area contributed by atoms with Crippen LogP contribution in [0.1, 0.15) is 28.5 Å². The smallest absolute Gasteiger partial charge is 0.216 e. The summed E-state index contributed by atoms with van der Waals surface area (Å²) in [4.78, 5) is 1.06. The van der Waals surface area contributed by atoms with Gasteiger partial charge in [0.05, 0.1) is 12.4 Å². The number of nitrogens with one attached hydrogen (secondary N) is 1. The number of thiophene rings is 1. The van der Waals surface area contributed by atoms with Crippen LogP contribution in [0.3, 0.4) is 0 Å². The highest BCUT2D eigenvalue weighted by molar-refractivity contribution is 7.88. The summed E-state index contributed by atoms with van der Waals surface area (Å²) < 4.78 is 26.9. The van der Waals surface area contributed by atoms with Crippen molar-refractivity contribution in [3.05, 3.63) is 57.3 Å². The minimum Gasteiger partial charge on any atom is -0.392 e. The Bertz CT molecular complexity index is 692. The molecule has 2 aromatic rings. The number of rotatable bonds is 7. The fourth-order valence-electron chi connectivity index (χ4n) is 2.10. The van der Waals surface area contributed by atoms with E-state index < -0.39 is 10.0 Å². The summed E-state index contributed by atoms with van der Waals surface area (Å²) in [5.41, 5.74) is 2.58. The molecule has 21 heavy (non-hydrogen) atoms. The number of hydrogen-bond donors (Lipinski definition) is 2. The zero-order valence-electron chi connectivity index (χ0n) is 11.9. The molecule has 0 unspecified atom stereocenters. The van der Waals surface area contributed by atoms with Crippen LogP contribution >= 0.6 is 11.3 Å². The van der Waals surface area contributed by atoms with Crippen molar-refractivity contribution in [2.75, 3.05) is 0 Å². The topological polar surface area (TPSA) is 66.4 Å². The molecule has 0 saturated carbocycles. The van der Waals surface area contributed by atoms with Gasteiger partial charge in [-0.2, -0.15) is 0 Å². The fourth-order valence-corrected chi connectivity index (χ4v) is 4.19. The van der Waals surface area contributed by atoms with Crippen molar-refractivity contribution in [1.29, 1.82) is 0 Å². The fraction of sp³-hybridized carbons (Fsp3) is 0.333. The summed E-state index contributed by atoms with van der Waals surface area (Å²) in [5.74, 6) is -0.0757. The largest absolute Gasteiger partial charge is 0.392 e. The van der Waals surface area contributed by atoms with Crippen LogP contribution in [0.2, 0.25) is 0 Å². The molecule has 0 aliphatic rings. The molecule has 0 bridgehead atoms. The maximum Gasteiger partial charge on any atom is 0.216 e. The van der Waals surface area contributed by atoms with Gasteiger partial charge in [0.15, 0.2) is 0 Å². The minimum atomic E-state index is -3.39. The SMILES string of the molecule is CCc1ccsc1CNS(=O)(=O)Cc1cccc(CO)c1. The zero-order chi connectivity index (χ0) is 15.3. The molecule has 0 radical (unpaired) electrons. The number of aryl methyl sites for hydroxylation is 1. The Morgan fingerprint density at radius 2 is 2.00 bits per heavy atom. The summed E-state index contributed by atoms with van der Waals surface area (Å²) in [6.45, 7) is 2.31. The van der Waals surface area contributed by atoms with E-state index in [2.05, 4.69) is 11.6 Å². The molecule has 0 fully saturated rings. The third kappa shape index (κ3) is 4.64. The van der Waals surface area contributed by atoms with E-state index in [-0.39, 0.29) is 12.4 Å². The number of sulfonamides is 1. The summed E-state index contributed by atoms with van der Waals surface area (Å²) in [6, 6.07) is 9.01. The van der Waals surface area contributed by atoms with Crippen molar-refractivity contribution < 1.29 is 13.5 Å². The molecule has 2 rings (SSSR count). The molecule has 0 atom stereocenters. The van der Waals surface area contributed by atoms with E-state index in [0.717, 1.165) is 11.3 Å². The van der Waals surface area contributed by atoms with Gasteiger partial charge in [0.25, 0.3) is 0 Å². The van der Waals surface area contributed by atoms with Crippen molar-refractivity contribution in [1.82, 2.24) is 4.72 Å². The van der Waals surface area contributed by atoms with Crippen molar-refractivity contribution in [2.24, 2.45) is 0 Å². The molecule has 0 aliphatic carbocycles. The predicted octanol–water partition coefficient (Wildman–Crippen LogP) is 2.42. The average molecular weight is 325 g/mol. The van der Waals surface area contributed by atoms with E-state index >= 15 is 0 Å². The second-order valence-electron chi connectivity index (χ2n) is 4.78. The lowest BCUT2D eigenvalue weighted by molar-refractivity contribution is 0.282. The number of aliphatic hydroxyl groups excluding tert-OH is 1. The maximum absolute atomic E-state index is 12.1. The van der Waals surface area contributed by atoms with Gasteiger partial charge in [0.1, 0.15) is 0 Å². The van der Waals surface area contributed by atoms with Gasteiger partial charge in [-0.15, -0.1) is 11.3 Å². The lowest BCUT2D eigenvalue weighted by atomic mass is 10.1. The van der Waals surface area contributed by atoms with Gasteiger partial charge in [0.2, 0.25) is 10.0 Å². The average Bonchev–Trinajstić information content (AvgIpc) is 2.92. The summed E-state index contributed by atoms with van der Waals surface area (Å²) >= 11 is 1.57. The normalized spacial score (nSPS) is 11.7. The Balaban J connectivity index is 2.01. The first-order chi connectivity index (χ1) is 10.0. The lowest BCUT2D eigenvalue weighted by Crippen LogP contribution is -2.24. The van der Waals surface area contributed by atoms with Gasteiger partial charge in [0, 0.05) is 11.4 Å².